The lowest BCUT2D eigenvalue weighted by molar-refractivity contribution is -0.137. The maximum atomic E-state index is 13.5. The third-order valence-corrected chi connectivity index (χ3v) is 6.88. The van der Waals surface area contributed by atoms with Crippen LogP contribution in [0.15, 0.2) is 72.8 Å². The van der Waals surface area contributed by atoms with Gasteiger partial charge in [0.1, 0.15) is 0 Å². The molecule has 1 aliphatic heterocycles. The van der Waals surface area contributed by atoms with Gasteiger partial charge in [-0.2, -0.15) is 13.2 Å². The summed E-state index contributed by atoms with van der Waals surface area (Å²) in [5.41, 5.74) is 3.21. The van der Waals surface area contributed by atoms with Gasteiger partial charge in [0, 0.05) is 11.8 Å². The van der Waals surface area contributed by atoms with Crippen LogP contribution in [-0.2, 0) is 15.8 Å². The van der Waals surface area contributed by atoms with Crippen LogP contribution in [0.25, 0.3) is 0 Å². The van der Waals surface area contributed by atoms with Gasteiger partial charge >= 0.3 is 6.18 Å². The second-order valence-electron chi connectivity index (χ2n) is 8.32. The SMILES string of the molecule is O=C1C2C3c4ccccc4C(c4ccccc43)C2C(=O)N1c1cccc(C(F)(F)F)c1. The van der Waals surface area contributed by atoms with E-state index in [0.29, 0.717) is 0 Å². The molecular weight excluding hydrogens is 403 g/mol. The summed E-state index contributed by atoms with van der Waals surface area (Å²) in [5, 5.41) is 0. The number of anilines is 1. The molecule has 2 atom stereocenters. The molecule has 6 heteroatoms. The first kappa shape index (κ1) is 18.4. The van der Waals surface area contributed by atoms with Gasteiger partial charge in [0.15, 0.2) is 0 Å². The summed E-state index contributed by atoms with van der Waals surface area (Å²) in [6.07, 6.45) is -4.56. The Labute approximate surface area is 176 Å². The van der Waals surface area contributed by atoms with E-state index in [2.05, 4.69) is 0 Å². The van der Waals surface area contributed by atoms with Gasteiger partial charge in [-0.3, -0.25) is 9.59 Å². The molecule has 2 unspecified atom stereocenters. The van der Waals surface area contributed by atoms with Crippen molar-refractivity contribution in [1.29, 1.82) is 0 Å². The first-order chi connectivity index (χ1) is 14.9. The van der Waals surface area contributed by atoms with Gasteiger partial charge in [-0.1, -0.05) is 54.6 Å². The van der Waals surface area contributed by atoms with E-state index in [0.717, 1.165) is 39.3 Å². The summed E-state index contributed by atoms with van der Waals surface area (Å²) in [6.45, 7) is 0. The Morgan fingerprint density at radius 3 is 1.52 bits per heavy atom. The molecule has 2 bridgehead atoms. The Bertz CT molecular complexity index is 1150. The molecule has 0 radical (unpaired) electrons. The van der Waals surface area contributed by atoms with Crippen molar-refractivity contribution in [2.24, 2.45) is 11.8 Å². The molecule has 1 saturated heterocycles. The highest BCUT2D eigenvalue weighted by atomic mass is 19.4. The minimum absolute atomic E-state index is 0.0215. The summed E-state index contributed by atoms with van der Waals surface area (Å²) in [5.74, 6) is -2.64. The number of carbonyl (C=O) groups excluding carboxylic acids is 2. The Morgan fingerprint density at radius 2 is 1.10 bits per heavy atom. The van der Waals surface area contributed by atoms with E-state index in [1.807, 2.05) is 48.5 Å². The lowest BCUT2D eigenvalue weighted by Gasteiger charge is -2.45. The van der Waals surface area contributed by atoms with Crippen LogP contribution in [0.2, 0.25) is 0 Å². The molecule has 0 N–H and O–H groups in total. The molecule has 1 heterocycles. The van der Waals surface area contributed by atoms with E-state index in [4.69, 9.17) is 0 Å². The predicted molar refractivity (Wildman–Crippen MR) is 107 cm³/mol. The van der Waals surface area contributed by atoms with Gasteiger partial charge in [0.25, 0.3) is 0 Å². The zero-order valence-electron chi connectivity index (χ0n) is 16.1. The van der Waals surface area contributed by atoms with Crippen molar-refractivity contribution < 1.29 is 22.8 Å². The van der Waals surface area contributed by atoms with Crippen LogP contribution in [0.5, 0.6) is 0 Å². The Hall–Kier alpha value is -3.41. The fraction of sp³-hybridized carbons (Fsp3) is 0.200. The van der Waals surface area contributed by atoms with Crippen LogP contribution >= 0.6 is 0 Å². The smallest absolute Gasteiger partial charge is 0.274 e. The quantitative estimate of drug-likeness (QED) is 0.515. The number of halogens is 3. The van der Waals surface area contributed by atoms with Crippen molar-refractivity contribution in [2.75, 3.05) is 4.90 Å². The van der Waals surface area contributed by atoms with Crippen molar-refractivity contribution in [2.45, 2.75) is 18.0 Å². The highest BCUT2D eigenvalue weighted by Crippen LogP contribution is 2.61. The second kappa shape index (κ2) is 6.06. The predicted octanol–water partition coefficient (Wildman–Crippen LogP) is 5.10. The van der Waals surface area contributed by atoms with E-state index in [1.54, 1.807) is 0 Å². The topological polar surface area (TPSA) is 37.4 Å². The lowest BCUT2D eigenvalue weighted by atomic mass is 9.55. The molecule has 3 aromatic rings. The van der Waals surface area contributed by atoms with Gasteiger partial charge in [-0.05, 0) is 40.5 Å². The summed E-state index contributed by atoms with van der Waals surface area (Å²) in [4.78, 5) is 28.1. The number of carbonyl (C=O) groups is 2. The number of benzene rings is 3. The van der Waals surface area contributed by atoms with Crippen LogP contribution in [0.1, 0.15) is 39.7 Å². The van der Waals surface area contributed by atoms with E-state index >= 15 is 0 Å². The maximum absolute atomic E-state index is 13.5. The molecule has 0 spiro atoms. The van der Waals surface area contributed by atoms with Crippen LogP contribution in [0, 0.1) is 11.8 Å². The van der Waals surface area contributed by atoms with Crippen LogP contribution < -0.4 is 4.90 Å². The average Bonchev–Trinajstić information content (AvgIpc) is 3.04. The zero-order chi connectivity index (χ0) is 21.5. The molecule has 3 aromatic carbocycles. The molecule has 31 heavy (non-hydrogen) atoms. The molecule has 7 rings (SSSR count). The number of alkyl halides is 3. The molecule has 4 aliphatic rings. The summed E-state index contributed by atoms with van der Waals surface area (Å²) < 4.78 is 39.7. The third kappa shape index (κ3) is 2.36. The van der Waals surface area contributed by atoms with E-state index in [-0.39, 0.29) is 17.5 Å². The number of imide groups is 1. The third-order valence-electron chi connectivity index (χ3n) is 6.88. The van der Waals surface area contributed by atoms with Crippen molar-refractivity contribution in [3.63, 3.8) is 0 Å². The first-order valence-corrected chi connectivity index (χ1v) is 10.1. The van der Waals surface area contributed by atoms with Gasteiger partial charge in [-0.15, -0.1) is 0 Å². The number of hydrogen-bond acceptors (Lipinski definition) is 2. The van der Waals surface area contributed by atoms with Crippen molar-refractivity contribution >= 4 is 17.5 Å². The maximum Gasteiger partial charge on any atom is 0.416 e. The molecule has 0 saturated carbocycles. The molecule has 3 aliphatic carbocycles. The van der Waals surface area contributed by atoms with Crippen molar-refractivity contribution in [3.05, 3.63) is 101 Å². The average molecular weight is 419 g/mol. The highest BCUT2D eigenvalue weighted by molar-refractivity contribution is 6.23. The zero-order valence-corrected chi connectivity index (χ0v) is 16.1. The number of nitrogens with zero attached hydrogens (tertiary/aromatic N) is 1. The summed E-state index contributed by atoms with van der Waals surface area (Å²) in [7, 11) is 0. The molecule has 1 fully saturated rings. The van der Waals surface area contributed by atoms with E-state index in [1.165, 1.54) is 12.1 Å². The molecule has 2 amide bonds. The van der Waals surface area contributed by atoms with Crippen LogP contribution in [-0.4, -0.2) is 11.8 Å². The Morgan fingerprint density at radius 1 is 0.645 bits per heavy atom. The monoisotopic (exact) mass is 419 g/mol. The lowest BCUT2D eigenvalue weighted by Crippen LogP contribution is -2.41. The largest absolute Gasteiger partial charge is 0.416 e. The molecular formula is C25H16F3NO2. The van der Waals surface area contributed by atoms with Crippen LogP contribution in [0.3, 0.4) is 0 Å². The molecule has 0 aromatic heterocycles. The number of rotatable bonds is 1. The fourth-order valence-electron chi connectivity index (χ4n) is 5.75. The van der Waals surface area contributed by atoms with E-state index < -0.39 is 35.4 Å². The van der Waals surface area contributed by atoms with Gasteiger partial charge in [0.2, 0.25) is 11.8 Å². The number of hydrogen-bond donors (Lipinski definition) is 0. The molecule has 3 nitrogen and oxygen atoms in total. The van der Waals surface area contributed by atoms with Crippen molar-refractivity contribution in [3.8, 4) is 0 Å². The second-order valence-corrected chi connectivity index (χ2v) is 8.32. The minimum Gasteiger partial charge on any atom is -0.274 e. The van der Waals surface area contributed by atoms with Gasteiger partial charge in [-0.25, -0.2) is 4.90 Å². The number of amides is 2. The first-order valence-electron chi connectivity index (χ1n) is 10.1. The summed E-state index contributed by atoms with van der Waals surface area (Å²) in [6, 6.07) is 20.1. The Balaban J connectivity index is 1.52. The van der Waals surface area contributed by atoms with E-state index in [9.17, 15) is 22.8 Å². The Kier molecular flexibility index (Phi) is 3.59. The normalized spacial score (nSPS) is 26.0. The minimum atomic E-state index is -4.56. The highest BCUT2D eigenvalue weighted by Gasteiger charge is 2.61. The fourth-order valence-corrected chi connectivity index (χ4v) is 5.75. The standard InChI is InChI=1S/C25H16F3NO2/c26-25(27,28)13-6-5-7-14(12-13)29-23(30)21-19-15-8-1-2-9-16(15)20(22(21)24(29)31)18-11-4-3-10-17(18)19/h1-12,19-22H. The van der Waals surface area contributed by atoms with Gasteiger partial charge < -0.3 is 0 Å². The van der Waals surface area contributed by atoms with Gasteiger partial charge in [0.05, 0.1) is 23.1 Å². The van der Waals surface area contributed by atoms with Crippen LogP contribution in [0.4, 0.5) is 18.9 Å². The summed E-state index contributed by atoms with van der Waals surface area (Å²) >= 11 is 0. The molecule has 154 valence electrons. The van der Waals surface area contributed by atoms with Crippen molar-refractivity contribution in [1.82, 2.24) is 0 Å².